The van der Waals surface area contributed by atoms with Gasteiger partial charge in [-0.3, -0.25) is 4.79 Å². The van der Waals surface area contributed by atoms with Crippen molar-refractivity contribution >= 4 is 5.91 Å². The molecule has 0 bridgehead atoms. The summed E-state index contributed by atoms with van der Waals surface area (Å²) in [5.41, 5.74) is 0. The van der Waals surface area contributed by atoms with Crippen molar-refractivity contribution in [2.75, 3.05) is 6.61 Å². The van der Waals surface area contributed by atoms with Gasteiger partial charge >= 0.3 is 0 Å². The maximum absolute atomic E-state index is 10.8. The molecule has 0 saturated carbocycles. The third-order valence-corrected chi connectivity index (χ3v) is 2.27. The van der Waals surface area contributed by atoms with Crippen molar-refractivity contribution in [1.29, 1.82) is 0 Å². The van der Waals surface area contributed by atoms with Crippen molar-refractivity contribution in [3.63, 3.8) is 0 Å². The lowest BCUT2D eigenvalue weighted by molar-refractivity contribution is -0.261. The lowest BCUT2D eigenvalue weighted by Crippen LogP contribution is -2.64. The van der Waals surface area contributed by atoms with Gasteiger partial charge in [-0.05, 0) is 0 Å². The third kappa shape index (κ3) is 2.64. The summed E-state index contributed by atoms with van der Waals surface area (Å²) in [4.78, 5) is 10.8. The maximum atomic E-state index is 10.8. The van der Waals surface area contributed by atoms with Crippen LogP contribution in [-0.2, 0) is 9.53 Å². The Morgan fingerprint density at radius 2 is 1.93 bits per heavy atom. The number of aliphatic hydroxyl groups excluding tert-OH is 4. The Bertz CT molecular complexity index is 235. The molecule has 0 aromatic carbocycles. The highest BCUT2D eigenvalue weighted by Crippen LogP contribution is 2.19. The molecule has 7 heteroatoms. The van der Waals surface area contributed by atoms with Gasteiger partial charge in [-0.25, -0.2) is 0 Å². The number of hydrogen-bond donors (Lipinski definition) is 5. The lowest BCUT2D eigenvalue weighted by Gasteiger charge is -2.40. The highest BCUT2D eigenvalue weighted by molar-refractivity contribution is 5.73. The first kappa shape index (κ1) is 12.3. The van der Waals surface area contributed by atoms with Crippen molar-refractivity contribution in [3.8, 4) is 0 Å². The molecule has 0 radical (unpaired) electrons. The monoisotopic (exact) mass is 221 g/mol. The van der Waals surface area contributed by atoms with E-state index in [1.165, 1.54) is 6.92 Å². The Hall–Kier alpha value is -0.730. The SMILES string of the molecule is CC(=O)N[C@H]1[C@H](O)[C@@H](CO)OC(O)[C@@H]1O. The molecule has 1 unspecified atom stereocenters. The van der Waals surface area contributed by atoms with Crippen molar-refractivity contribution in [1.82, 2.24) is 5.32 Å². The van der Waals surface area contributed by atoms with E-state index in [2.05, 4.69) is 5.32 Å². The summed E-state index contributed by atoms with van der Waals surface area (Å²) in [5.74, 6) is -0.455. The Balaban J connectivity index is 2.74. The van der Waals surface area contributed by atoms with Gasteiger partial charge in [0.25, 0.3) is 0 Å². The molecule has 88 valence electrons. The van der Waals surface area contributed by atoms with E-state index in [1.807, 2.05) is 0 Å². The molecule has 15 heavy (non-hydrogen) atoms. The first-order chi connectivity index (χ1) is 6.97. The van der Waals surface area contributed by atoms with Gasteiger partial charge in [-0.1, -0.05) is 0 Å². The van der Waals surface area contributed by atoms with Gasteiger partial charge in [0, 0.05) is 6.92 Å². The first-order valence-corrected chi connectivity index (χ1v) is 4.55. The first-order valence-electron chi connectivity index (χ1n) is 4.55. The quantitative estimate of drug-likeness (QED) is 0.337. The molecule has 1 heterocycles. The fourth-order valence-electron chi connectivity index (χ4n) is 1.51. The zero-order valence-corrected chi connectivity index (χ0v) is 8.20. The number of rotatable bonds is 2. The molecule has 0 aliphatic carbocycles. The van der Waals surface area contributed by atoms with Crippen LogP contribution in [0.5, 0.6) is 0 Å². The summed E-state index contributed by atoms with van der Waals surface area (Å²) in [6, 6.07) is -1.05. The number of nitrogens with one attached hydrogen (secondary N) is 1. The smallest absolute Gasteiger partial charge is 0.217 e. The minimum absolute atomic E-state index is 0.455. The van der Waals surface area contributed by atoms with Gasteiger partial charge in [-0.15, -0.1) is 0 Å². The van der Waals surface area contributed by atoms with Crippen LogP contribution in [0.25, 0.3) is 0 Å². The van der Waals surface area contributed by atoms with E-state index < -0.39 is 43.2 Å². The van der Waals surface area contributed by atoms with E-state index in [0.29, 0.717) is 0 Å². The normalized spacial score (nSPS) is 41.3. The van der Waals surface area contributed by atoms with Crippen LogP contribution < -0.4 is 5.32 Å². The van der Waals surface area contributed by atoms with Crippen LogP contribution in [0.2, 0.25) is 0 Å². The van der Waals surface area contributed by atoms with Crippen molar-refractivity contribution in [2.24, 2.45) is 0 Å². The number of ether oxygens (including phenoxy) is 1. The van der Waals surface area contributed by atoms with Crippen LogP contribution in [-0.4, -0.2) is 63.6 Å². The molecular weight excluding hydrogens is 206 g/mol. The maximum Gasteiger partial charge on any atom is 0.217 e. The zero-order chi connectivity index (χ0) is 11.6. The van der Waals surface area contributed by atoms with Crippen molar-refractivity contribution < 1.29 is 30.0 Å². The number of carbonyl (C=O) groups is 1. The van der Waals surface area contributed by atoms with E-state index in [0.717, 1.165) is 0 Å². The van der Waals surface area contributed by atoms with Gasteiger partial charge in [-0.2, -0.15) is 0 Å². The highest BCUT2D eigenvalue weighted by Gasteiger charge is 2.43. The molecule has 1 saturated heterocycles. The Labute approximate surface area is 86.3 Å². The van der Waals surface area contributed by atoms with Gasteiger partial charge < -0.3 is 30.5 Å². The molecular formula is C8H15NO6. The summed E-state index contributed by atoms with van der Waals surface area (Å²) < 4.78 is 4.73. The average molecular weight is 221 g/mol. The molecule has 0 aromatic rings. The zero-order valence-electron chi connectivity index (χ0n) is 8.20. The summed E-state index contributed by atoms with van der Waals surface area (Å²) in [6.07, 6.45) is -5.26. The average Bonchev–Trinajstić information content (AvgIpc) is 2.18. The molecule has 5 atom stereocenters. The van der Waals surface area contributed by atoms with Crippen LogP contribution >= 0.6 is 0 Å². The van der Waals surface area contributed by atoms with Gasteiger partial charge in [0.15, 0.2) is 6.29 Å². The van der Waals surface area contributed by atoms with E-state index in [9.17, 15) is 20.1 Å². The summed E-state index contributed by atoms with van der Waals surface area (Å²) >= 11 is 0. The third-order valence-electron chi connectivity index (χ3n) is 2.27. The fourth-order valence-corrected chi connectivity index (χ4v) is 1.51. The van der Waals surface area contributed by atoms with Crippen LogP contribution in [0.15, 0.2) is 0 Å². The van der Waals surface area contributed by atoms with Gasteiger partial charge in [0.05, 0.1) is 12.6 Å². The summed E-state index contributed by atoms with van der Waals surface area (Å²) in [7, 11) is 0. The Morgan fingerprint density at radius 1 is 1.33 bits per heavy atom. The molecule has 0 aromatic heterocycles. The molecule has 1 rings (SSSR count). The molecule has 1 fully saturated rings. The van der Waals surface area contributed by atoms with Crippen LogP contribution in [0.3, 0.4) is 0 Å². The number of aliphatic hydroxyl groups is 4. The summed E-state index contributed by atoms with van der Waals surface area (Å²) in [6.45, 7) is 0.705. The number of amides is 1. The molecule has 0 spiro atoms. The van der Waals surface area contributed by atoms with Crippen LogP contribution in [0.1, 0.15) is 6.92 Å². The lowest BCUT2D eigenvalue weighted by atomic mass is 9.96. The number of hydrogen-bond acceptors (Lipinski definition) is 6. The second-order valence-electron chi connectivity index (χ2n) is 3.46. The topological polar surface area (TPSA) is 119 Å². The minimum atomic E-state index is -1.54. The summed E-state index contributed by atoms with van der Waals surface area (Å²) in [5, 5.41) is 39.4. The minimum Gasteiger partial charge on any atom is -0.394 e. The van der Waals surface area contributed by atoms with E-state index in [4.69, 9.17) is 9.84 Å². The van der Waals surface area contributed by atoms with E-state index >= 15 is 0 Å². The second kappa shape index (κ2) is 4.86. The molecule has 1 amide bonds. The van der Waals surface area contributed by atoms with Crippen molar-refractivity contribution in [3.05, 3.63) is 0 Å². The number of carbonyl (C=O) groups excluding carboxylic acids is 1. The Kier molecular flexibility index (Phi) is 4.00. The molecule has 1 aliphatic rings. The largest absolute Gasteiger partial charge is 0.394 e. The van der Waals surface area contributed by atoms with E-state index in [-0.39, 0.29) is 0 Å². The van der Waals surface area contributed by atoms with Gasteiger partial charge in [0.2, 0.25) is 5.91 Å². The van der Waals surface area contributed by atoms with Crippen LogP contribution in [0.4, 0.5) is 0 Å². The molecule has 5 N–H and O–H groups in total. The standard InChI is InChI=1S/C8H15NO6/c1-3(11)9-5-6(12)4(2-10)15-8(14)7(5)13/h4-8,10,12-14H,2H2,1H3,(H,9,11)/t4-,5+,6-,7-,8?/m1/s1. The Morgan fingerprint density at radius 3 is 2.40 bits per heavy atom. The van der Waals surface area contributed by atoms with Crippen molar-refractivity contribution in [2.45, 2.75) is 37.6 Å². The molecule has 1 aliphatic heterocycles. The predicted molar refractivity (Wildman–Crippen MR) is 47.6 cm³/mol. The fraction of sp³-hybridized carbons (Fsp3) is 0.875. The van der Waals surface area contributed by atoms with E-state index in [1.54, 1.807) is 0 Å². The van der Waals surface area contributed by atoms with Crippen LogP contribution in [0, 0.1) is 0 Å². The molecule has 7 nitrogen and oxygen atoms in total. The predicted octanol–water partition coefficient (Wildman–Crippen LogP) is -3.08. The second-order valence-corrected chi connectivity index (χ2v) is 3.46. The van der Waals surface area contributed by atoms with Gasteiger partial charge in [0.1, 0.15) is 18.3 Å². The highest BCUT2D eigenvalue weighted by atomic mass is 16.6.